The Morgan fingerprint density at radius 1 is 1.22 bits per heavy atom. The van der Waals surface area contributed by atoms with Gasteiger partial charge in [0.2, 0.25) is 5.91 Å². The van der Waals surface area contributed by atoms with E-state index < -0.39 is 24.0 Å². The maximum Gasteiger partial charge on any atom is 0.471 e. The number of amides is 2. The second-order valence-corrected chi connectivity index (χ2v) is 6.04. The SMILES string of the molecule is CC1Cc2ccccc2N1C(=O)C1CCCN1C(=O)C(F)(F)F. The Morgan fingerprint density at radius 2 is 1.91 bits per heavy atom. The van der Waals surface area contributed by atoms with E-state index in [1.807, 2.05) is 19.1 Å². The number of carbonyl (C=O) groups is 2. The van der Waals surface area contributed by atoms with Crippen LogP contribution in [0.1, 0.15) is 25.3 Å². The smallest absolute Gasteiger partial charge is 0.323 e. The largest absolute Gasteiger partial charge is 0.471 e. The van der Waals surface area contributed by atoms with Crippen molar-refractivity contribution >= 4 is 17.5 Å². The zero-order valence-corrected chi connectivity index (χ0v) is 12.6. The Bertz CT molecular complexity index is 644. The van der Waals surface area contributed by atoms with Gasteiger partial charge in [-0.1, -0.05) is 18.2 Å². The summed E-state index contributed by atoms with van der Waals surface area (Å²) < 4.78 is 38.1. The lowest BCUT2D eigenvalue weighted by atomic mass is 10.1. The molecule has 2 amide bonds. The van der Waals surface area contributed by atoms with Gasteiger partial charge in [-0.15, -0.1) is 0 Å². The quantitative estimate of drug-likeness (QED) is 0.796. The molecule has 0 bridgehead atoms. The van der Waals surface area contributed by atoms with Crippen molar-refractivity contribution in [3.63, 3.8) is 0 Å². The summed E-state index contributed by atoms with van der Waals surface area (Å²) in [5, 5.41) is 0. The van der Waals surface area contributed by atoms with Gasteiger partial charge in [0.25, 0.3) is 0 Å². The van der Waals surface area contributed by atoms with Crippen molar-refractivity contribution in [2.75, 3.05) is 11.4 Å². The molecule has 0 saturated carbocycles. The van der Waals surface area contributed by atoms with E-state index in [1.54, 1.807) is 17.0 Å². The molecule has 3 rings (SSSR count). The first-order valence-electron chi connectivity index (χ1n) is 7.59. The number of alkyl halides is 3. The van der Waals surface area contributed by atoms with Crippen LogP contribution in [0.25, 0.3) is 0 Å². The van der Waals surface area contributed by atoms with Gasteiger partial charge < -0.3 is 9.80 Å². The number of hydrogen-bond acceptors (Lipinski definition) is 2. The zero-order chi connectivity index (χ0) is 16.8. The lowest BCUT2D eigenvalue weighted by molar-refractivity contribution is -0.186. The highest BCUT2D eigenvalue weighted by Crippen LogP contribution is 2.35. The fraction of sp³-hybridized carbons (Fsp3) is 0.500. The predicted molar refractivity (Wildman–Crippen MR) is 77.9 cm³/mol. The monoisotopic (exact) mass is 326 g/mol. The topological polar surface area (TPSA) is 40.6 Å². The molecule has 0 aliphatic carbocycles. The zero-order valence-electron chi connectivity index (χ0n) is 12.6. The first-order chi connectivity index (χ1) is 10.8. The van der Waals surface area contributed by atoms with Crippen molar-refractivity contribution in [1.82, 2.24) is 4.90 Å². The molecule has 2 atom stereocenters. The fourth-order valence-corrected chi connectivity index (χ4v) is 3.49. The lowest BCUT2D eigenvalue weighted by Crippen LogP contribution is -2.52. The van der Waals surface area contributed by atoms with Crippen LogP contribution in [-0.2, 0) is 16.0 Å². The van der Waals surface area contributed by atoms with E-state index in [4.69, 9.17) is 0 Å². The number of fused-ring (bicyclic) bond motifs is 1. The molecule has 2 aliphatic heterocycles. The summed E-state index contributed by atoms with van der Waals surface area (Å²) in [6, 6.07) is 6.22. The number of carbonyl (C=O) groups excluding carboxylic acids is 2. The highest BCUT2D eigenvalue weighted by atomic mass is 19.4. The minimum Gasteiger partial charge on any atom is -0.323 e. The van der Waals surface area contributed by atoms with E-state index in [0.29, 0.717) is 17.7 Å². The molecule has 2 heterocycles. The molecule has 7 heteroatoms. The number of nitrogens with zero attached hydrogens (tertiary/aromatic N) is 2. The van der Waals surface area contributed by atoms with Gasteiger partial charge in [0.15, 0.2) is 0 Å². The van der Waals surface area contributed by atoms with Crippen molar-refractivity contribution in [2.24, 2.45) is 0 Å². The second-order valence-electron chi connectivity index (χ2n) is 6.04. The number of halogens is 3. The Labute approximate surface area is 131 Å². The first kappa shape index (κ1) is 15.8. The number of rotatable bonds is 1. The minimum atomic E-state index is -4.95. The van der Waals surface area contributed by atoms with Crippen molar-refractivity contribution in [3.05, 3.63) is 29.8 Å². The molecule has 0 aromatic heterocycles. The van der Waals surface area contributed by atoms with E-state index in [0.717, 1.165) is 11.3 Å². The summed E-state index contributed by atoms with van der Waals surface area (Å²) in [5.41, 5.74) is 1.73. The first-order valence-corrected chi connectivity index (χ1v) is 7.59. The van der Waals surface area contributed by atoms with Gasteiger partial charge in [0.05, 0.1) is 0 Å². The van der Waals surface area contributed by atoms with Gasteiger partial charge >= 0.3 is 12.1 Å². The maximum atomic E-state index is 12.8. The van der Waals surface area contributed by atoms with Gasteiger partial charge in [-0.3, -0.25) is 9.59 Å². The maximum absolute atomic E-state index is 12.8. The second kappa shape index (κ2) is 5.54. The molecule has 2 aliphatic rings. The molecule has 0 N–H and O–H groups in total. The number of para-hydroxylation sites is 1. The number of anilines is 1. The minimum absolute atomic E-state index is 0.0291. The van der Waals surface area contributed by atoms with Crippen LogP contribution < -0.4 is 4.90 Å². The van der Waals surface area contributed by atoms with Crippen LogP contribution in [0.4, 0.5) is 18.9 Å². The standard InChI is InChI=1S/C16H17F3N2O2/c1-10-9-11-5-2-3-6-12(11)21(10)14(22)13-7-4-8-20(13)15(23)16(17,18)19/h2-3,5-6,10,13H,4,7-9H2,1H3. The molecule has 4 nitrogen and oxygen atoms in total. The molecule has 2 unspecified atom stereocenters. The highest BCUT2D eigenvalue weighted by Gasteiger charge is 2.49. The molecule has 0 spiro atoms. The summed E-state index contributed by atoms with van der Waals surface area (Å²) in [7, 11) is 0. The van der Waals surface area contributed by atoms with Crippen molar-refractivity contribution in [1.29, 1.82) is 0 Å². The molecule has 124 valence electrons. The Balaban J connectivity index is 1.87. The van der Waals surface area contributed by atoms with Gasteiger partial charge in [-0.2, -0.15) is 13.2 Å². The Morgan fingerprint density at radius 3 is 2.61 bits per heavy atom. The van der Waals surface area contributed by atoms with Crippen LogP contribution in [0.15, 0.2) is 24.3 Å². The highest BCUT2D eigenvalue weighted by molar-refractivity contribution is 6.02. The van der Waals surface area contributed by atoms with Crippen LogP contribution >= 0.6 is 0 Å². The summed E-state index contributed by atoms with van der Waals surface area (Å²) in [4.78, 5) is 26.6. The van der Waals surface area contributed by atoms with E-state index >= 15 is 0 Å². The number of benzene rings is 1. The van der Waals surface area contributed by atoms with Crippen LogP contribution in [0.2, 0.25) is 0 Å². The van der Waals surface area contributed by atoms with E-state index in [1.165, 1.54) is 0 Å². The summed E-state index contributed by atoms with van der Waals surface area (Å²) in [6.45, 7) is 1.83. The lowest BCUT2D eigenvalue weighted by Gasteiger charge is -2.31. The molecule has 1 aromatic rings. The van der Waals surface area contributed by atoms with Crippen LogP contribution in [0, 0.1) is 0 Å². The summed E-state index contributed by atoms with van der Waals surface area (Å²) >= 11 is 0. The van der Waals surface area contributed by atoms with E-state index in [9.17, 15) is 22.8 Å². The summed E-state index contributed by atoms with van der Waals surface area (Å²) in [6.07, 6.45) is -3.60. The van der Waals surface area contributed by atoms with Gasteiger partial charge in [-0.25, -0.2) is 0 Å². The fourth-order valence-electron chi connectivity index (χ4n) is 3.49. The molecular formula is C16H17F3N2O2. The Kier molecular flexibility index (Phi) is 3.82. The van der Waals surface area contributed by atoms with Crippen molar-refractivity contribution in [2.45, 2.75) is 44.4 Å². The van der Waals surface area contributed by atoms with Gasteiger partial charge in [0, 0.05) is 18.3 Å². The third-order valence-electron chi connectivity index (χ3n) is 4.49. The molecule has 0 radical (unpaired) electrons. The molecular weight excluding hydrogens is 309 g/mol. The Hall–Kier alpha value is -2.05. The van der Waals surface area contributed by atoms with Crippen molar-refractivity contribution in [3.8, 4) is 0 Å². The molecule has 1 fully saturated rings. The average molecular weight is 326 g/mol. The average Bonchev–Trinajstić information content (AvgIpc) is 3.08. The van der Waals surface area contributed by atoms with E-state index in [-0.39, 0.29) is 19.0 Å². The van der Waals surface area contributed by atoms with Crippen LogP contribution in [-0.4, -0.2) is 41.5 Å². The normalized spacial score (nSPS) is 24.0. The summed E-state index contributed by atoms with van der Waals surface area (Å²) in [5.74, 6) is -2.34. The molecule has 23 heavy (non-hydrogen) atoms. The van der Waals surface area contributed by atoms with Crippen molar-refractivity contribution < 1.29 is 22.8 Å². The van der Waals surface area contributed by atoms with E-state index in [2.05, 4.69) is 0 Å². The number of hydrogen-bond donors (Lipinski definition) is 0. The van der Waals surface area contributed by atoms with Crippen LogP contribution in [0.3, 0.4) is 0 Å². The number of likely N-dealkylation sites (tertiary alicyclic amines) is 1. The predicted octanol–water partition coefficient (Wildman–Crippen LogP) is 2.52. The molecule has 1 aromatic carbocycles. The van der Waals surface area contributed by atoms with Gasteiger partial charge in [0.1, 0.15) is 6.04 Å². The van der Waals surface area contributed by atoms with Gasteiger partial charge in [-0.05, 0) is 37.8 Å². The third-order valence-corrected chi connectivity index (χ3v) is 4.49. The molecule has 1 saturated heterocycles. The third kappa shape index (κ3) is 2.68. The van der Waals surface area contributed by atoms with Crippen LogP contribution in [0.5, 0.6) is 0 Å².